The van der Waals surface area contributed by atoms with Gasteiger partial charge in [-0.3, -0.25) is 0 Å². The number of carbonyl (C=O) groups excluding carboxylic acids is 1. The average molecular weight is 454 g/mol. The molecule has 2 aliphatic rings. The summed E-state index contributed by atoms with van der Waals surface area (Å²) in [5.41, 5.74) is 2.18. The van der Waals surface area contributed by atoms with Crippen molar-refractivity contribution < 1.29 is 17.9 Å². The van der Waals surface area contributed by atoms with E-state index in [1.54, 1.807) is 42.5 Å². The number of fused-ring (bicyclic) bond motifs is 2. The number of hydrogen-bond acceptors (Lipinski definition) is 4. The van der Waals surface area contributed by atoms with E-state index in [9.17, 15) is 13.2 Å². The second-order valence-electron chi connectivity index (χ2n) is 7.91. The van der Waals surface area contributed by atoms with E-state index in [2.05, 4.69) is 0 Å². The number of hydrogen-bond donors (Lipinski definition) is 0. The van der Waals surface area contributed by atoms with Gasteiger partial charge in [0.05, 0.1) is 17.0 Å². The number of sulfonamides is 1. The third-order valence-corrected chi connectivity index (χ3v) is 8.09. The fraction of sp³-hybridized carbons (Fsp3) is 0.208. The van der Waals surface area contributed by atoms with Gasteiger partial charge in [-0.2, -0.15) is 4.31 Å². The van der Waals surface area contributed by atoms with E-state index in [0.29, 0.717) is 30.0 Å². The molecule has 0 radical (unpaired) electrons. The molecule has 0 aliphatic carbocycles. The largest absolute Gasteiger partial charge is 0.449 e. The van der Waals surface area contributed by atoms with Crippen molar-refractivity contribution in [2.24, 2.45) is 0 Å². The molecular formula is C24H20ClNO4S. The summed E-state index contributed by atoms with van der Waals surface area (Å²) >= 11 is 6.07. The normalized spacial score (nSPS) is 21.1. The highest BCUT2D eigenvalue weighted by Gasteiger charge is 2.50. The Morgan fingerprint density at radius 1 is 0.935 bits per heavy atom. The van der Waals surface area contributed by atoms with Crippen LogP contribution < -0.4 is 0 Å². The molecule has 158 valence electrons. The molecule has 0 bridgehead atoms. The van der Waals surface area contributed by atoms with Gasteiger partial charge in [-0.05, 0) is 54.3 Å². The standard InChI is InChI=1S/C24H20ClNO4S/c25-19-6-3-5-18(15-19)17-9-11-20(12-10-17)31(28,29)26-14-4-13-24(16-26)22-8-2-1-7-21(22)23(27)30-24/h1-3,5-12,15H,4,13-14,16H2. The van der Waals surface area contributed by atoms with E-state index in [-0.39, 0.29) is 17.4 Å². The van der Waals surface area contributed by atoms with E-state index in [4.69, 9.17) is 16.3 Å². The van der Waals surface area contributed by atoms with Gasteiger partial charge < -0.3 is 4.74 Å². The Bertz CT molecular complexity index is 1270. The molecule has 2 heterocycles. The van der Waals surface area contributed by atoms with Crippen LogP contribution >= 0.6 is 11.6 Å². The molecule has 0 aromatic heterocycles. The highest BCUT2D eigenvalue weighted by atomic mass is 35.5. The van der Waals surface area contributed by atoms with E-state index >= 15 is 0 Å². The molecule has 1 fully saturated rings. The zero-order valence-corrected chi connectivity index (χ0v) is 18.2. The Morgan fingerprint density at radius 2 is 1.71 bits per heavy atom. The van der Waals surface area contributed by atoms with E-state index in [0.717, 1.165) is 16.7 Å². The molecule has 1 unspecified atom stereocenters. The predicted octanol–water partition coefficient (Wildman–Crippen LogP) is 4.86. The summed E-state index contributed by atoms with van der Waals surface area (Å²) in [6, 6.07) is 21.4. The van der Waals surface area contributed by atoms with Gasteiger partial charge in [0.15, 0.2) is 5.60 Å². The predicted molar refractivity (Wildman–Crippen MR) is 118 cm³/mol. The molecule has 3 aromatic rings. The molecular weight excluding hydrogens is 434 g/mol. The lowest BCUT2D eigenvalue weighted by Gasteiger charge is -2.38. The van der Waals surface area contributed by atoms with Gasteiger partial charge in [-0.1, -0.05) is 54.1 Å². The second kappa shape index (κ2) is 7.48. The van der Waals surface area contributed by atoms with Crippen molar-refractivity contribution in [1.82, 2.24) is 4.31 Å². The molecule has 31 heavy (non-hydrogen) atoms. The number of piperidine rings is 1. The Morgan fingerprint density at radius 3 is 2.48 bits per heavy atom. The molecule has 0 N–H and O–H groups in total. The highest BCUT2D eigenvalue weighted by Crippen LogP contribution is 2.43. The lowest BCUT2D eigenvalue weighted by atomic mass is 9.86. The molecule has 0 amide bonds. The van der Waals surface area contributed by atoms with Crippen LogP contribution in [-0.2, 0) is 20.4 Å². The SMILES string of the molecule is O=C1OC2(CCCN(S(=O)(=O)c3ccc(-c4cccc(Cl)c4)cc3)C2)c2ccccc21. The second-order valence-corrected chi connectivity index (χ2v) is 10.3. The van der Waals surface area contributed by atoms with Crippen LogP contribution in [0.25, 0.3) is 11.1 Å². The summed E-state index contributed by atoms with van der Waals surface area (Å²) in [6.45, 7) is 0.508. The number of carbonyl (C=O) groups is 1. The minimum absolute atomic E-state index is 0.119. The summed E-state index contributed by atoms with van der Waals surface area (Å²) in [5, 5.41) is 0.624. The minimum atomic E-state index is -3.74. The summed E-state index contributed by atoms with van der Waals surface area (Å²) < 4.78 is 34.0. The third-order valence-electron chi connectivity index (χ3n) is 6.00. The third kappa shape index (κ3) is 3.45. The van der Waals surface area contributed by atoms with Gasteiger partial charge in [-0.25, -0.2) is 13.2 Å². The van der Waals surface area contributed by atoms with Crippen molar-refractivity contribution in [3.8, 4) is 11.1 Å². The number of rotatable bonds is 3. The van der Waals surface area contributed by atoms with Gasteiger partial charge in [0.25, 0.3) is 0 Å². The van der Waals surface area contributed by atoms with Gasteiger partial charge in [0.1, 0.15) is 0 Å². The first-order valence-electron chi connectivity index (χ1n) is 10.1. The first-order valence-corrected chi connectivity index (χ1v) is 11.9. The molecule has 1 atom stereocenters. The van der Waals surface area contributed by atoms with Crippen LogP contribution in [0.3, 0.4) is 0 Å². The molecule has 3 aromatic carbocycles. The topological polar surface area (TPSA) is 63.7 Å². The number of benzene rings is 3. The van der Waals surface area contributed by atoms with Crippen molar-refractivity contribution in [2.75, 3.05) is 13.1 Å². The Labute approximate surface area is 186 Å². The first-order chi connectivity index (χ1) is 14.9. The molecule has 1 spiro atoms. The fourth-order valence-corrected chi connectivity index (χ4v) is 6.19. The molecule has 0 saturated carbocycles. The summed E-state index contributed by atoms with van der Waals surface area (Å²) in [4.78, 5) is 12.6. The Kier molecular flexibility index (Phi) is 4.88. The zero-order valence-electron chi connectivity index (χ0n) is 16.6. The number of halogens is 1. The maximum atomic E-state index is 13.4. The van der Waals surface area contributed by atoms with Crippen LogP contribution in [0.4, 0.5) is 0 Å². The summed E-state index contributed by atoms with van der Waals surface area (Å²) in [6.07, 6.45) is 1.22. The van der Waals surface area contributed by atoms with Crippen molar-refractivity contribution in [2.45, 2.75) is 23.3 Å². The molecule has 2 aliphatic heterocycles. The molecule has 7 heteroatoms. The number of nitrogens with zero attached hydrogens (tertiary/aromatic N) is 1. The minimum Gasteiger partial charge on any atom is -0.449 e. The molecule has 5 nitrogen and oxygen atoms in total. The van der Waals surface area contributed by atoms with Crippen LogP contribution in [0.1, 0.15) is 28.8 Å². The maximum absolute atomic E-state index is 13.4. The van der Waals surface area contributed by atoms with Gasteiger partial charge in [0, 0.05) is 17.1 Å². The molecule has 5 rings (SSSR count). The van der Waals surface area contributed by atoms with Crippen LogP contribution in [0, 0.1) is 0 Å². The summed E-state index contributed by atoms with van der Waals surface area (Å²) in [7, 11) is -3.74. The fourth-order valence-electron chi connectivity index (χ4n) is 4.47. The van der Waals surface area contributed by atoms with E-state index in [1.165, 1.54) is 4.31 Å². The average Bonchev–Trinajstić information content (AvgIpc) is 3.05. The zero-order chi connectivity index (χ0) is 21.6. The van der Waals surface area contributed by atoms with Crippen molar-refractivity contribution in [1.29, 1.82) is 0 Å². The van der Waals surface area contributed by atoms with Crippen molar-refractivity contribution in [3.63, 3.8) is 0 Å². The van der Waals surface area contributed by atoms with E-state index in [1.807, 2.05) is 30.3 Å². The molecule has 1 saturated heterocycles. The van der Waals surface area contributed by atoms with Crippen LogP contribution in [0.5, 0.6) is 0 Å². The van der Waals surface area contributed by atoms with Gasteiger partial charge in [-0.15, -0.1) is 0 Å². The van der Waals surface area contributed by atoms with Gasteiger partial charge in [0.2, 0.25) is 10.0 Å². The monoisotopic (exact) mass is 453 g/mol. The van der Waals surface area contributed by atoms with Crippen LogP contribution in [0.15, 0.2) is 77.7 Å². The van der Waals surface area contributed by atoms with Crippen LogP contribution in [-0.4, -0.2) is 31.8 Å². The number of ether oxygens (including phenoxy) is 1. The van der Waals surface area contributed by atoms with Gasteiger partial charge >= 0.3 is 5.97 Å². The smallest absolute Gasteiger partial charge is 0.339 e. The number of esters is 1. The van der Waals surface area contributed by atoms with Crippen LogP contribution in [0.2, 0.25) is 5.02 Å². The lowest BCUT2D eigenvalue weighted by molar-refractivity contribution is -0.0345. The lowest BCUT2D eigenvalue weighted by Crippen LogP contribution is -2.48. The Balaban J connectivity index is 1.44. The first kappa shape index (κ1) is 20.2. The quantitative estimate of drug-likeness (QED) is 0.531. The Hall–Kier alpha value is -2.67. The van der Waals surface area contributed by atoms with Crippen molar-refractivity contribution >= 4 is 27.6 Å². The maximum Gasteiger partial charge on any atom is 0.339 e. The van der Waals surface area contributed by atoms with Crippen molar-refractivity contribution in [3.05, 3.63) is 88.9 Å². The highest BCUT2D eigenvalue weighted by molar-refractivity contribution is 7.89. The summed E-state index contributed by atoms with van der Waals surface area (Å²) in [5.74, 6) is -0.388. The van der Waals surface area contributed by atoms with E-state index < -0.39 is 15.6 Å².